The molecule has 0 spiro atoms. The number of methoxy groups -OCH3 is 1. The average Bonchev–Trinajstić information content (AvgIpc) is 2.92. The highest BCUT2D eigenvalue weighted by molar-refractivity contribution is 5.82. The molecule has 150 valence electrons. The summed E-state index contributed by atoms with van der Waals surface area (Å²) in [7, 11) is 1.30. The third-order valence-corrected chi connectivity index (χ3v) is 5.45. The summed E-state index contributed by atoms with van der Waals surface area (Å²) in [6.07, 6.45) is 3.85. The zero-order valence-corrected chi connectivity index (χ0v) is 16.8. The van der Waals surface area contributed by atoms with Gasteiger partial charge in [-0.3, -0.25) is 0 Å². The van der Waals surface area contributed by atoms with Crippen molar-refractivity contribution in [3.8, 4) is 5.75 Å². The van der Waals surface area contributed by atoms with E-state index in [2.05, 4.69) is 23.6 Å². The van der Waals surface area contributed by atoms with Crippen LogP contribution >= 0.6 is 0 Å². The summed E-state index contributed by atoms with van der Waals surface area (Å²) in [6.45, 7) is 7.86. The van der Waals surface area contributed by atoms with E-state index in [0.29, 0.717) is 5.75 Å². The first-order chi connectivity index (χ1) is 12.9. The molecule has 1 aliphatic rings. The second-order valence-corrected chi connectivity index (χ2v) is 7.57. The summed E-state index contributed by atoms with van der Waals surface area (Å²) in [5.41, 5.74) is 1.23. The van der Waals surface area contributed by atoms with Crippen LogP contribution < -0.4 is 15.4 Å². The van der Waals surface area contributed by atoms with Gasteiger partial charge >= 0.3 is 12.1 Å². The highest BCUT2D eigenvalue weighted by Crippen LogP contribution is 2.35. The van der Waals surface area contributed by atoms with Crippen LogP contribution in [0.25, 0.3) is 0 Å². The van der Waals surface area contributed by atoms with Gasteiger partial charge in [-0.25, -0.2) is 9.59 Å². The lowest BCUT2D eigenvalue weighted by atomic mass is 9.74. The van der Waals surface area contributed by atoms with Crippen LogP contribution in [0.4, 0.5) is 4.79 Å². The molecule has 1 unspecified atom stereocenters. The molecular formula is C21H32N2O4. The number of benzene rings is 1. The van der Waals surface area contributed by atoms with Crippen molar-refractivity contribution in [3.05, 3.63) is 29.8 Å². The Labute approximate surface area is 162 Å². The molecule has 6 heteroatoms. The van der Waals surface area contributed by atoms with Gasteiger partial charge in [0.05, 0.1) is 7.11 Å². The van der Waals surface area contributed by atoms with Gasteiger partial charge in [0.25, 0.3) is 0 Å². The zero-order chi connectivity index (χ0) is 19.9. The van der Waals surface area contributed by atoms with E-state index in [-0.39, 0.29) is 11.3 Å². The van der Waals surface area contributed by atoms with Crippen LogP contribution in [0, 0.1) is 5.92 Å². The van der Waals surface area contributed by atoms with Crippen molar-refractivity contribution in [1.82, 2.24) is 10.6 Å². The summed E-state index contributed by atoms with van der Waals surface area (Å²) in [5.74, 6) is -0.101. The first-order valence-corrected chi connectivity index (χ1v) is 9.79. The fourth-order valence-electron chi connectivity index (χ4n) is 3.66. The summed E-state index contributed by atoms with van der Waals surface area (Å²) >= 11 is 0. The smallest absolute Gasteiger partial charge is 0.413 e. The maximum Gasteiger partial charge on any atom is 0.413 e. The summed E-state index contributed by atoms with van der Waals surface area (Å²) < 4.78 is 10.2. The normalized spacial score (nSPS) is 21.2. The second-order valence-electron chi connectivity index (χ2n) is 7.57. The van der Waals surface area contributed by atoms with Crippen molar-refractivity contribution in [2.24, 2.45) is 5.92 Å². The molecule has 0 radical (unpaired) electrons. The quantitative estimate of drug-likeness (QED) is 0.744. The Bertz CT molecular complexity index is 637. The van der Waals surface area contributed by atoms with Gasteiger partial charge in [0.2, 0.25) is 0 Å². The number of amides is 1. The number of nitrogens with one attached hydrogen (secondary N) is 2. The van der Waals surface area contributed by atoms with Crippen LogP contribution in [-0.2, 0) is 14.9 Å². The van der Waals surface area contributed by atoms with Gasteiger partial charge in [0.15, 0.2) is 0 Å². The lowest BCUT2D eigenvalue weighted by molar-refractivity contribution is -0.144. The van der Waals surface area contributed by atoms with Crippen LogP contribution in [0.2, 0.25) is 0 Å². The number of carbonyl (C=O) groups excluding carboxylic acids is 2. The number of carbonyl (C=O) groups is 2. The Morgan fingerprint density at radius 2 is 2.07 bits per heavy atom. The molecule has 2 rings (SSSR count). The molecule has 1 aromatic carbocycles. The minimum absolute atomic E-state index is 0.0544. The van der Waals surface area contributed by atoms with Crippen LogP contribution in [-0.4, -0.2) is 38.3 Å². The average molecular weight is 376 g/mol. The summed E-state index contributed by atoms with van der Waals surface area (Å²) in [6, 6.07) is 6.99. The molecule has 0 aromatic heterocycles. The molecular weight excluding hydrogens is 344 g/mol. The SMILES string of the molecule is CCC1(c2cccc(OC(=O)N[C@H](C(=O)OC)C(C)C)c2)CCCCNC1. The number of ether oxygens (including phenoxy) is 2. The number of hydrogen-bond acceptors (Lipinski definition) is 5. The van der Waals surface area contributed by atoms with E-state index in [9.17, 15) is 9.59 Å². The predicted molar refractivity (Wildman–Crippen MR) is 105 cm³/mol. The van der Waals surface area contributed by atoms with Crippen LogP contribution in [0.5, 0.6) is 5.75 Å². The molecule has 0 aliphatic carbocycles. The van der Waals surface area contributed by atoms with E-state index in [1.165, 1.54) is 25.5 Å². The first-order valence-electron chi connectivity index (χ1n) is 9.79. The molecule has 2 atom stereocenters. The maximum absolute atomic E-state index is 12.3. The molecule has 1 amide bonds. The van der Waals surface area contributed by atoms with Crippen molar-refractivity contribution in [2.75, 3.05) is 20.2 Å². The topological polar surface area (TPSA) is 76.7 Å². The zero-order valence-electron chi connectivity index (χ0n) is 16.8. The summed E-state index contributed by atoms with van der Waals surface area (Å²) in [4.78, 5) is 24.1. The Hall–Kier alpha value is -2.08. The highest BCUT2D eigenvalue weighted by Gasteiger charge is 2.31. The second kappa shape index (κ2) is 9.74. The summed E-state index contributed by atoms with van der Waals surface area (Å²) in [5, 5.41) is 6.13. The fraction of sp³-hybridized carbons (Fsp3) is 0.619. The number of hydrogen-bond donors (Lipinski definition) is 2. The van der Waals surface area contributed by atoms with E-state index in [0.717, 1.165) is 25.9 Å². The molecule has 0 saturated carbocycles. The van der Waals surface area contributed by atoms with Crippen LogP contribution in [0.1, 0.15) is 52.0 Å². The lowest BCUT2D eigenvalue weighted by Crippen LogP contribution is -2.46. The standard InChI is InChI=1S/C21H32N2O4/c1-5-21(11-6-7-12-22-14-21)16-9-8-10-17(13-16)27-20(25)23-18(15(2)3)19(24)26-4/h8-10,13,15,18,22H,5-7,11-12,14H2,1-4H3,(H,23,25)/t18-,21?/m0/s1. The molecule has 1 saturated heterocycles. The van der Waals surface area contributed by atoms with Crippen LogP contribution in [0.15, 0.2) is 24.3 Å². The Balaban J connectivity index is 2.12. The Kier molecular flexibility index (Phi) is 7.66. The van der Waals surface area contributed by atoms with E-state index in [1.54, 1.807) is 6.07 Å². The van der Waals surface area contributed by atoms with Crippen molar-refractivity contribution in [1.29, 1.82) is 0 Å². The Morgan fingerprint density at radius 3 is 2.74 bits per heavy atom. The van der Waals surface area contributed by atoms with Gasteiger partial charge in [-0.15, -0.1) is 0 Å². The fourth-order valence-corrected chi connectivity index (χ4v) is 3.66. The minimum Gasteiger partial charge on any atom is -0.467 e. The molecule has 6 nitrogen and oxygen atoms in total. The van der Waals surface area contributed by atoms with Crippen molar-refractivity contribution >= 4 is 12.1 Å². The van der Waals surface area contributed by atoms with Gasteiger partial charge in [0, 0.05) is 12.0 Å². The molecule has 1 heterocycles. The predicted octanol–water partition coefficient (Wildman–Crippen LogP) is 3.39. The highest BCUT2D eigenvalue weighted by atomic mass is 16.6. The first kappa shape index (κ1) is 21.2. The van der Waals surface area contributed by atoms with Crippen LogP contribution in [0.3, 0.4) is 0 Å². The van der Waals surface area contributed by atoms with E-state index in [4.69, 9.17) is 9.47 Å². The van der Waals surface area contributed by atoms with Crippen molar-refractivity contribution < 1.29 is 19.1 Å². The van der Waals surface area contributed by atoms with E-state index < -0.39 is 18.1 Å². The molecule has 27 heavy (non-hydrogen) atoms. The maximum atomic E-state index is 12.3. The number of esters is 1. The lowest BCUT2D eigenvalue weighted by Gasteiger charge is -2.32. The van der Waals surface area contributed by atoms with Gasteiger partial charge in [0.1, 0.15) is 11.8 Å². The van der Waals surface area contributed by atoms with Gasteiger partial charge < -0.3 is 20.1 Å². The van der Waals surface area contributed by atoms with E-state index in [1.807, 2.05) is 26.0 Å². The molecule has 2 N–H and O–H groups in total. The molecule has 1 aliphatic heterocycles. The van der Waals surface area contributed by atoms with E-state index >= 15 is 0 Å². The van der Waals surface area contributed by atoms with Gasteiger partial charge in [-0.05, 0) is 49.4 Å². The number of rotatable bonds is 6. The molecule has 1 fully saturated rings. The third kappa shape index (κ3) is 5.45. The minimum atomic E-state index is -0.737. The molecule has 1 aromatic rings. The monoisotopic (exact) mass is 376 g/mol. The van der Waals surface area contributed by atoms with Crippen molar-refractivity contribution in [2.45, 2.75) is 57.9 Å². The molecule has 0 bridgehead atoms. The van der Waals surface area contributed by atoms with Gasteiger partial charge in [-0.2, -0.15) is 0 Å². The third-order valence-electron chi connectivity index (χ3n) is 5.45. The largest absolute Gasteiger partial charge is 0.467 e. The van der Waals surface area contributed by atoms with Gasteiger partial charge in [-0.1, -0.05) is 39.3 Å². The Morgan fingerprint density at radius 1 is 1.30 bits per heavy atom. The van der Waals surface area contributed by atoms with Crippen molar-refractivity contribution in [3.63, 3.8) is 0 Å².